The summed E-state index contributed by atoms with van der Waals surface area (Å²) in [4.78, 5) is 0. The molecule has 60 valence electrons. The second-order valence-corrected chi connectivity index (χ2v) is 3.09. The van der Waals surface area contributed by atoms with Crippen molar-refractivity contribution in [2.75, 3.05) is 0 Å². The number of aliphatic hydroxyl groups is 1. The van der Waals surface area contributed by atoms with Crippen LogP contribution in [0.4, 0.5) is 0 Å². The van der Waals surface area contributed by atoms with Crippen LogP contribution in [0.2, 0.25) is 0 Å². The van der Waals surface area contributed by atoms with Gasteiger partial charge < -0.3 is 10.2 Å². The Balaban J connectivity index is 0.00000121. The first-order valence-electron chi connectivity index (χ1n) is 3.50. The van der Waals surface area contributed by atoms with Gasteiger partial charge >= 0.3 is 29.6 Å². The van der Waals surface area contributed by atoms with Gasteiger partial charge in [-0.25, -0.2) is 0 Å². The smallest absolute Gasteiger partial charge is 0.872 e. The Morgan fingerprint density at radius 2 is 1.92 bits per heavy atom. The third-order valence-corrected chi connectivity index (χ3v) is 1.54. The second kappa shape index (κ2) is 4.28. The first-order valence-corrected chi connectivity index (χ1v) is 3.50. The van der Waals surface area contributed by atoms with Crippen LogP contribution in [-0.4, -0.2) is 5.11 Å². The number of rotatable bonds is 1. The quantitative estimate of drug-likeness (QED) is 0.500. The van der Waals surface area contributed by atoms with Crippen molar-refractivity contribution in [3.05, 3.63) is 29.8 Å². The molecule has 1 aromatic rings. The molecule has 0 saturated heterocycles. The van der Waals surface area contributed by atoms with Crippen molar-refractivity contribution in [1.82, 2.24) is 0 Å². The van der Waals surface area contributed by atoms with Gasteiger partial charge in [-0.2, -0.15) is 0 Å². The standard InChI is InChI=1S/C9H12O2.Na/c1-9(2,11)7-4-3-5-8(10)6-7;/h3-6,10-11H,1-2H3;/q;+1/p-1. The summed E-state index contributed by atoms with van der Waals surface area (Å²) in [6.45, 7) is 3.31. The van der Waals surface area contributed by atoms with Crippen LogP contribution in [0.3, 0.4) is 0 Å². The van der Waals surface area contributed by atoms with Crippen LogP contribution in [0.25, 0.3) is 0 Å². The molecule has 12 heavy (non-hydrogen) atoms. The Hall–Kier alpha value is -0.0200. The molecule has 0 atom stereocenters. The summed E-state index contributed by atoms with van der Waals surface area (Å²) in [5.74, 6) is -0.0652. The number of hydrogen-bond donors (Lipinski definition) is 1. The molecule has 0 saturated carbocycles. The molecule has 2 nitrogen and oxygen atoms in total. The topological polar surface area (TPSA) is 43.3 Å². The Morgan fingerprint density at radius 1 is 1.33 bits per heavy atom. The summed E-state index contributed by atoms with van der Waals surface area (Å²) in [5.41, 5.74) is -0.259. The van der Waals surface area contributed by atoms with Gasteiger partial charge in [0.15, 0.2) is 0 Å². The molecule has 0 bridgehead atoms. The van der Waals surface area contributed by atoms with Gasteiger partial charge in [-0.15, -0.1) is 5.75 Å². The van der Waals surface area contributed by atoms with Gasteiger partial charge in [0.05, 0.1) is 5.60 Å². The molecule has 0 aliphatic heterocycles. The maximum atomic E-state index is 10.8. The predicted molar refractivity (Wildman–Crippen MR) is 41.1 cm³/mol. The predicted octanol–water partition coefficient (Wildman–Crippen LogP) is -2.01. The van der Waals surface area contributed by atoms with E-state index in [4.69, 9.17) is 0 Å². The average molecular weight is 174 g/mol. The maximum absolute atomic E-state index is 10.8. The van der Waals surface area contributed by atoms with E-state index in [1.807, 2.05) is 0 Å². The van der Waals surface area contributed by atoms with E-state index in [0.29, 0.717) is 5.56 Å². The summed E-state index contributed by atoms with van der Waals surface area (Å²) in [7, 11) is 0. The van der Waals surface area contributed by atoms with Crippen LogP contribution >= 0.6 is 0 Å². The summed E-state index contributed by atoms with van der Waals surface area (Å²) in [6, 6.07) is 6.30. The molecule has 3 heteroatoms. The van der Waals surface area contributed by atoms with Gasteiger partial charge in [0, 0.05) is 0 Å². The SMILES string of the molecule is CC(C)(O)c1cccc([O-])c1.[Na+]. The molecule has 1 aromatic carbocycles. The van der Waals surface area contributed by atoms with E-state index in [0.717, 1.165) is 0 Å². The zero-order valence-corrected chi connectivity index (χ0v) is 9.66. The summed E-state index contributed by atoms with van der Waals surface area (Å²) >= 11 is 0. The van der Waals surface area contributed by atoms with E-state index < -0.39 is 5.60 Å². The monoisotopic (exact) mass is 174 g/mol. The summed E-state index contributed by atoms with van der Waals surface area (Å²) in [5, 5.41) is 20.3. The minimum absolute atomic E-state index is 0. The molecule has 0 unspecified atom stereocenters. The largest absolute Gasteiger partial charge is 1.00 e. The van der Waals surface area contributed by atoms with Crippen molar-refractivity contribution in [1.29, 1.82) is 0 Å². The van der Waals surface area contributed by atoms with Gasteiger partial charge in [0.25, 0.3) is 0 Å². The molecule has 1 rings (SSSR count). The first-order chi connectivity index (χ1) is 5.00. The van der Waals surface area contributed by atoms with Crippen LogP contribution in [0, 0.1) is 0 Å². The molecule has 1 N–H and O–H groups in total. The fourth-order valence-corrected chi connectivity index (χ4v) is 0.877. The van der Waals surface area contributed by atoms with Crippen LogP contribution in [-0.2, 0) is 5.60 Å². The van der Waals surface area contributed by atoms with Crippen molar-refractivity contribution in [2.24, 2.45) is 0 Å². The molecule has 0 heterocycles. The van der Waals surface area contributed by atoms with Crippen molar-refractivity contribution in [3.63, 3.8) is 0 Å². The van der Waals surface area contributed by atoms with Gasteiger partial charge in [-0.3, -0.25) is 0 Å². The molecule has 0 radical (unpaired) electrons. The van der Waals surface area contributed by atoms with Crippen molar-refractivity contribution in [2.45, 2.75) is 19.4 Å². The normalized spacial score (nSPS) is 10.6. The minimum Gasteiger partial charge on any atom is -0.872 e. The summed E-state index contributed by atoms with van der Waals surface area (Å²) in [6.07, 6.45) is 0. The Bertz CT molecular complexity index is 253. The van der Waals surface area contributed by atoms with E-state index >= 15 is 0 Å². The van der Waals surface area contributed by atoms with E-state index in [2.05, 4.69) is 0 Å². The van der Waals surface area contributed by atoms with E-state index in [1.165, 1.54) is 12.1 Å². The molecule has 0 aliphatic carbocycles. The Morgan fingerprint density at radius 3 is 2.25 bits per heavy atom. The van der Waals surface area contributed by atoms with Crippen molar-refractivity contribution < 1.29 is 39.8 Å². The van der Waals surface area contributed by atoms with E-state index in [1.54, 1.807) is 26.0 Å². The molecule has 0 aromatic heterocycles. The minimum atomic E-state index is -0.916. The molecule has 0 fully saturated rings. The molecule has 0 amide bonds. The zero-order chi connectivity index (χ0) is 8.48. The van der Waals surface area contributed by atoms with Gasteiger partial charge in [0.2, 0.25) is 0 Å². The van der Waals surface area contributed by atoms with Gasteiger partial charge in [-0.1, -0.05) is 24.3 Å². The third kappa shape index (κ3) is 3.15. The van der Waals surface area contributed by atoms with Crippen LogP contribution < -0.4 is 34.7 Å². The van der Waals surface area contributed by atoms with E-state index in [-0.39, 0.29) is 35.3 Å². The van der Waals surface area contributed by atoms with Gasteiger partial charge in [0.1, 0.15) is 0 Å². The van der Waals surface area contributed by atoms with Crippen LogP contribution in [0.1, 0.15) is 19.4 Å². The molecule has 0 aliphatic rings. The molecular weight excluding hydrogens is 163 g/mol. The van der Waals surface area contributed by atoms with E-state index in [9.17, 15) is 10.2 Å². The fraction of sp³-hybridized carbons (Fsp3) is 0.333. The Kier molecular flexibility index (Phi) is 4.28. The van der Waals surface area contributed by atoms with Crippen molar-refractivity contribution in [3.8, 4) is 5.75 Å². The molecule has 0 spiro atoms. The average Bonchev–Trinajstić information content (AvgIpc) is 1.86. The van der Waals surface area contributed by atoms with Crippen LogP contribution in [0.5, 0.6) is 5.75 Å². The first kappa shape index (κ1) is 12.0. The third-order valence-electron chi connectivity index (χ3n) is 1.54. The fourth-order valence-electron chi connectivity index (χ4n) is 0.877. The van der Waals surface area contributed by atoms with Crippen molar-refractivity contribution >= 4 is 0 Å². The Labute approximate surface area is 94.5 Å². The number of hydrogen-bond acceptors (Lipinski definition) is 2. The summed E-state index contributed by atoms with van der Waals surface area (Å²) < 4.78 is 0. The number of benzene rings is 1. The second-order valence-electron chi connectivity index (χ2n) is 3.09. The maximum Gasteiger partial charge on any atom is 1.00 e. The van der Waals surface area contributed by atoms with Gasteiger partial charge in [-0.05, 0) is 19.4 Å². The molecular formula is C9H11NaO2. The van der Waals surface area contributed by atoms with Crippen LogP contribution in [0.15, 0.2) is 24.3 Å². The zero-order valence-electron chi connectivity index (χ0n) is 7.66.